The monoisotopic (exact) mass is 321 g/mol. The van der Waals surface area contributed by atoms with Crippen molar-refractivity contribution in [3.05, 3.63) is 23.8 Å². The molecule has 0 saturated carbocycles. The van der Waals surface area contributed by atoms with Gasteiger partial charge in [0, 0.05) is 13.1 Å². The number of methoxy groups -OCH3 is 1. The molecule has 0 aromatic heterocycles. The van der Waals surface area contributed by atoms with Crippen molar-refractivity contribution in [2.24, 2.45) is 5.92 Å². The zero-order valence-corrected chi connectivity index (χ0v) is 13.6. The SMILES string of the molecule is COc1cc(C)ccc1OCCC(=O)N1CCC[C@@H](C(=O)O)C1. The van der Waals surface area contributed by atoms with E-state index in [2.05, 4.69) is 0 Å². The predicted molar refractivity (Wildman–Crippen MR) is 84.8 cm³/mol. The molecule has 1 N–H and O–H groups in total. The highest BCUT2D eigenvalue weighted by Crippen LogP contribution is 2.28. The molecule has 0 spiro atoms. The molecule has 1 aromatic rings. The molecule has 23 heavy (non-hydrogen) atoms. The second kappa shape index (κ2) is 7.85. The molecule has 1 amide bonds. The summed E-state index contributed by atoms with van der Waals surface area (Å²) in [6.07, 6.45) is 1.59. The standard InChI is InChI=1S/C17H23NO5/c1-12-5-6-14(15(10-12)22-2)23-9-7-16(19)18-8-3-4-13(11-18)17(20)21/h5-6,10,13H,3-4,7-9,11H2,1-2H3,(H,20,21)/t13-/m1/s1. The summed E-state index contributed by atoms with van der Waals surface area (Å²) in [6, 6.07) is 5.61. The summed E-state index contributed by atoms with van der Waals surface area (Å²) < 4.78 is 10.9. The Morgan fingerprint density at radius 1 is 1.35 bits per heavy atom. The minimum absolute atomic E-state index is 0.0676. The first-order valence-corrected chi connectivity index (χ1v) is 7.79. The number of carbonyl (C=O) groups excluding carboxylic acids is 1. The number of rotatable bonds is 6. The number of ether oxygens (including phenoxy) is 2. The van der Waals surface area contributed by atoms with Gasteiger partial charge in [0.15, 0.2) is 11.5 Å². The Kier molecular flexibility index (Phi) is 5.84. The molecule has 0 aliphatic carbocycles. The quantitative estimate of drug-likeness (QED) is 0.868. The molecule has 1 aliphatic heterocycles. The lowest BCUT2D eigenvalue weighted by atomic mass is 9.98. The van der Waals surface area contributed by atoms with Crippen LogP contribution in [0.2, 0.25) is 0 Å². The number of piperidine rings is 1. The Balaban J connectivity index is 1.84. The predicted octanol–water partition coefficient (Wildman–Crippen LogP) is 2.10. The number of hydrogen-bond donors (Lipinski definition) is 1. The Morgan fingerprint density at radius 3 is 2.83 bits per heavy atom. The van der Waals surface area contributed by atoms with Crippen LogP contribution in [0.3, 0.4) is 0 Å². The van der Waals surface area contributed by atoms with Crippen LogP contribution >= 0.6 is 0 Å². The highest BCUT2D eigenvalue weighted by Gasteiger charge is 2.27. The first-order valence-electron chi connectivity index (χ1n) is 7.79. The lowest BCUT2D eigenvalue weighted by Crippen LogP contribution is -2.42. The molecule has 1 aromatic carbocycles. The van der Waals surface area contributed by atoms with Crippen molar-refractivity contribution in [3.63, 3.8) is 0 Å². The molecule has 6 heteroatoms. The summed E-state index contributed by atoms with van der Waals surface area (Å²) >= 11 is 0. The van der Waals surface area contributed by atoms with Crippen LogP contribution in [0.15, 0.2) is 18.2 Å². The Labute approximate surface area is 136 Å². The van der Waals surface area contributed by atoms with Gasteiger partial charge in [0.05, 0.1) is 26.1 Å². The van der Waals surface area contributed by atoms with E-state index < -0.39 is 11.9 Å². The molecule has 1 heterocycles. The number of carbonyl (C=O) groups is 2. The fourth-order valence-corrected chi connectivity index (χ4v) is 2.71. The maximum Gasteiger partial charge on any atom is 0.308 e. The third-order valence-corrected chi connectivity index (χ3v) is 4.02. The molecule has 6 nitrogen and oxygen atoms in total. The number of aliphatic carboxylic acids is 1. The van der Waals surface area contributed by atoms with Crippen molar-refractivity contribution in [2.45, 2.75) is 26.2 Å². The topological polar surface area (TPSA) is 76.1 Å². The number of likely N-dealkylation sites (tertiary alicyclic amines) is 1. The number of aryl methyl sites for hydroxylation is 1. The van der Waals surface area contributed by atoms with Gasteiger partial charge in [-0.2, -0.15) is 0 Å². The normalized spacial score (nSPS) is 17.7. The molecular formula is C17H23NO5. The fraction of sp³-hybridized carbons (Fsp3) is 0.529. The van der Waals surface area contributed by atoms with Crippen molar-refractivity contribution in [2.75, 3.05) is 26.8 Å². The van der Waals surface area contributed by atoms with Crippen molar-refractivity contribution in [1.82, 2.24) is 4.90 Å². The third kappa shape index (κ3) is 4.61. The van der Waals surface area contributed by atoms with Gasteiger partial charge < -0.3 is 19.5 Å². The Hall–Kier alpha value is -2.24. The zero-order chi connectivity index (χ0) is 16.8. The van der Waals surface area contributed by atoms with Crippen molar-refractivity contribution >= 4 is 11.9 Å². The van der Waals surface area contributed by atoms with Crippen molar-refractivity contribution < 1.29 is 24.2 Å². The lowest BCUT2D eigenvalue weighted by Gasteiger charge is -2.30. The first-order chi connectivity index (χ1) is 11.0. The first kappa shape index (κ1) is 17.1. The number of amides is 1. The fourth-order valence-electron chi connectivity index (χ4n) is 2.71. The number of hydrogen-bond acceptors (Lipinski definition) is 4. The summed E-state index contributed by atoms with van der Waals surface area (Å²) in [5.74, 6) is -0.106. The summed E-state index contributed by atoms with van der Waals surface area (Å²) in [7, 11) is 1.58. The molecule has 126 valence electrons. The van der Waals surface area contributed by atoms with Gasteiger partial charge >= 0.3 is 5.97 Å². The van der Waals surface area contributed by atoms with Gasteiger partial charge in [-0.3, -0.25) is 9.59 Å². The average Bonchev–Trinajstić information content (AvgIpc) is 2.56. The molecule has 1 saturated heterocycles. The van der Waals surface area contributed by atoms with Gasteiger partial charge in [-0.25, -0.2) is 0 Å². The maximum absolute atomic E-state index is 12.2. The van der Waals surface area contributed by atoms with E-state index in [-0.39, 0.29) is 18.9 Å². The molecular weight excluding hydrogens is 298 g/mol. The Morgan fingerprint density at radius 2 is 2.13 bits per heavy atom. The van der Waals surface area contributed by atoms with Crippen LogP contribution in [-0.2, 0) is 9.59 Å². The van der Waals surface area contributed by atoms with Crippen LogP contribution in [0.5, 0.6) is 11.5 Å². The Bertz CT molecular complexity index is 572. The van der Waals surface area contributed by atoms with E-state index in [4.69, 9.17) is 14.6 Å². The molecule has 0 bridgehead atoms. The number of carboxylic acid groups (broad SMARTS) is 1. The summed E-state index contributed by atoms with van der Waals surface area (Å²) in [5, 5.41) is 9.07. The van der Waals surface area contributed by atoms with Crippen LogP contribution in [0.4, 0.5) is 0 Å². The molecule has 1 atom stereocenters. The maximum atomic E-state index is 12.2. The van der Waals surface area contributed by atoms with Crippen molar-refractivity contribution in [3.8, 4) is 11.5 Å². The van der Waals surface area contributed by atoms with E-state index in [1.54, 1.807) is 12.0 Å². The van der Waals surface area contributed by atoms with Gasteiger partial charge in [0.2, 0.25) is 5.91 Å². The molecule has 2 rings (SSSR count). The van der Waals surface area contributed by atoms with Gasteiger partial charge in [-0.05, 0) is 37.5 Å². The molecule has 0 radical (unpaired) electrons. The van der Waals surface area contributed by atoms with Crippen LogP contribution < -0.4 is 9.47 Å². The van der Waals surface area contributed by atoms with Crippen LogP contribution in [-0.4, -0.2) is 48.7 Å². The van der Waals surface area contributed by atoms with E-state index in [1.165, 1.54) is 0 Å². The minimum atomic E-state index is -0.830. The summed E-state index contributed by atoms with van der Waals surface area (Å²) in [4.78, 5) is 24.9. The molecule has 0 unspecified atom stereocenters. The van der Waals surface area contributed by atoms with Gasteiger partial charge in [-0.1, -0.05) is 6.07 Å². The number of benzene rings is 1. The second-order valence-electron chi connectivity index (χ2n) is 5.77. The zero-order valence-electron chi connectivity index (χ0n) is 13.6. The van der Waals surface area contributed by atoms with Crippen LogP contribution in [0.1, 0.15) is 24.8 Å². The van der Waals surface area contributed by atoms with Gasteiger partial charge in [0.1, 0.15) is 0 Å². The highest BCUT2D eigenvalue weighted by atomic mass is 16.5. The molecule has 1 fully saturated rings. The number of nitrogens with zero attached hydrogens (tertiary/aromatic N) is 1. The molecule has 1 aliphatic rings. The summed E-state index contributed by atoms with van der Waals surface area (Å²) in [5.41, 5.74) is 1.07. The number of carboxylic acids is 1. The highest BCUT2D eigenvalue weighted by molar-refractivity contribution is 5.78. The largest absolute Gasteiger partial charge is 0.493 e. The van der Waals surface area contributed by atoms with Gasteiger partial charge in [0.25, 0.3) is 0 Å². The van der Waals surface area contributed by atoms with Crippen molar-refractivity contribution in [1.29, 1.82) is 0 Å². The van der Waals surface area contributed by atoms with Gasteiger partial charge in [-0.15, -0.1) is 0 Å². The minimum Gasteiger partial charge on any atom is -0.493 e. The van der Waals surface area contributed by atoms with E-state index in [0.29, 0.717) is 31.0 Å². The lowest BCUT2D eigenvalue weighted by molar-refractivity contribution is -0.145. The smallest absolute Gasteiger partial charge is 0.308 e. The van der Waals surface area contributed by atoms with Crippen LogP contribution in [0.25, 0.3) is 0 Å². The van der Waals surface area contributed by atoms with Crippen LogP contribution in [0, 0.1) is 12.8 Å². The van der Waals surface area contributed by atoms with E-state index in [1.807, 2.05) is 25.1 Å². The van der Waals surface area contributed by atoms with E-state index in [0.717, 1.165) is 12.0 Å². The average molecular weight is 321 g/mol. The summed E-state index contributed by atoms with van der Waals surface area (Å²) in [6.45, 7) is 3.12. The van der Waals surface area contributed by atoms with E-state index >= 15 is 0 Å². The second-order valence-corrected chi connectivity index (χ2v) is 5.77. The van der Waals surface area contributed by atoms with E-state index in [9.17, 15) is 9.59 Å². The third-order valence-electron chi connectivity index (χ3n) is 4.02.